The van der Waals surface area contributed by atoms with Crippen molar-refractivity contribution in [3.63, 3.8) is 0 Å². The van der Waals surface area contributed by atoms with E-state index in [1.807, 2.05) is 6.07 Å². The van der Waals surface area contributed by atoms with Crippen LogP contribution in [-0.4, -0.2) is 62.1 Å². The summed E-state index contributed by atoms with van der Waals surface area (Å²) in [7, 11) is 3.10. The molecular weight excluding hydrogens is 462 g/mol. The van der Waals surface area contributed by atoms with E-state index in [0.717, 1.165) is 5.56 Å². The highest BCUT2D eigenvalue weighted by Gasteiger charge is 2.27. The SMILES string of the molecule is COc1cc(C[C@H](NC(C)=O)C(=O)NC2CCN(C(=O)Nc3ccc(C#N)cc3)CC2)cc(OC)c1. The lowest BCUT2D eigenvalue weighted by molar-refractivity contribution is -0.128. The number of methoxy groups -OCH3 is 2. The Kier molecular flexibility index (Phi) is 9.11. The fourth-order valence-corrected chi connectivity index (χ4v) is 4.03. The van der Waals surface area contributed by atoms with Gasteiger partial charge >= 0.3 is 6.03 Å². The van der Waals surface area contributed by atoms with Gasteiger partial charge in [-0.3, -0.25) is 9.59 Å². The fourth-order valence-electron chi connectivity index (χ4n) is 4.03. The van der Waals surface area contributed by atoms with E-state index in [2.05, 4.69) is 16.0 Å². The van der Waals surface area contributed by atoms with E-state index < -0.39 is 6.04 Å². The lowest BCUT2D eigenvalue weighted by Crippen LogP contribution is -2.53. The molecule has 1 saturated heterocycles. The number of nitrogens with zero attached hydrogens (tertiary/aromatic N) is 2. The highest BCUT2D eigenvalue weighted by molar-refractivity contribution is 5.89. The predicted molar refractivity (Wildman–Crippen MR) is 134 cm³/mol. The third-order valence-corrected chi connectivity index (χ3v) is 5.94. The first kappa shape index (κ1) is 26.3. The molecule has 0 radical (unpaired) electrons. The third kappa shape index (κ3) is 7.37. The van der Waals surface area contributed by atoms with Crippen LogP contribution in [-0.2, 0) is 16.0 Å². The second-order valence-corrected chi connectivity index (χ2v) is 8.57. The third-order valence-electron chi connectivity index (χ3n) is 5.94. The molecule has 1 aliphatic heterocycles. The Labute approximate surface area is 210 Å². The maximum Gasteiger partial charge on any atom is 0.321 e. The molecule has 0 aliphatic carbocycles. The molecular formula is C26H31N5O5. The molecule has 4 amide bonds. The van der Waals surface area contributed by atoms with Crippen molar-refractivity contribution in [2.24, 2.45) is 0 Å². The van der Waals surface area contributed by atoms with Crippen molar-refractivity contribution in [1.29, 1.82) is 5.26 Å². The van der Waals surface area contributed by atoms with E-state index in [9.17, 15) is 14.4 Å². The molecule has 2 aromatic carbocycles. The van der Waals surface area contributed by atoms with E-state index in [0.29, 0.717) is 48.7 Å². The van der Waals surface area contributed by atoms with Gasteiger partial charge in [-0.05, 0) is 54.8 Å². The number of benzene rings is 2. The number of carbonyl (C=O) groups is 3. The number of likely N-dealkylation sites (tertiary alicyclic amines) is 1. The maximum absolute atomic E-state index is 13.1. The summed E-state index contributed by atoms with van der Waals surface area (Å²) < 4.78 is 10.6. The minimum Gasteiger partial charge on any atom is -0.497 e. The number of carbonyl (C=O) groups excluding carboxylic acids is 3. The number of urea groups is 1. The Morgan fingerprint density at radius 1 is 1.06 bits per heavy atom. The topological polar surface area (TPSA) is 133 Å². The molecule has 0 unspecified atom stereocenters. The molecule has 3 rings (SSSR count). The highest BCUT2D eigenvalue weighted by atomic mass is 16.5. The molecule has 10 nitrogen and oxygen atoms in total. The number of nitrogens with one attached hydrogen (secondary N) is 3. The number of hydrogen-bond acceptors (Lipinski definition) is 6. The van der Waals surface area contributed by atoms with Gasteiger partial charge in [0.25, 0.3) is 0 Å². The van der Waals surface area contributed by atoms with Crippen molar-refractivity contribution in [2.75, 3.05) is 32.6 Å². The molecule has 0 spiro atoms. The molecule has 0 aromatic heterocycles. The van der Waals surface area contributed by atoms with Gasteiger partial charge in [-0.2, -0.15) is 5.26 Å². The number of ether oxygens (including phenoxy) is 2. The molecule has 1 fully saturated rings. The van der Waals surface area contributed by atoms with Crippen LogP contribution in [0, 0.1) is 11.3 Å². The second-order valence-electron chi connectivity index (χ2n) is 8.57. The van der Waals surface area contributed by atoms with Gasteiger partial charge in [-0.25, -0.2) is 4.79 Å². The second kappa shape index (κ2) is 12.4. The maximum atomic E-state index is 13.1. The molecule has 3 N–H and O–H groups in total. The van der Waals surface area contributed by atoms with E-state index in [1.165, 1.54) is 6.92 Å². The Balaban J connectivity index is 1.56. The van der Waals surface area contributed by atoms with Crippen LogP contribution < -0.4 is 25.4 Å². The lowest BCUT2D eigenvalue weighted by atomic mass is 10.0. The average Bonchev–Trinajstić information content (AvgIpc) is 2.88. The first-order chi connectivity index (χ1) is 17.3. The Bertz CT molecular complexity index is 1100. The largest absolute Gasteiger partial charge is 0.497 e. The smallest absolute Gasteiger partial charge is 0.321 e. The van der Waals surface area contributed by atoms with E-state index in [-0.39, 0.29) is 30.3 Å². The molecule has 36 heavy (non-hydrogen) atoms. The zero-order valence-corrected chi connectivity index (χ0v) is 20.7. The minimum absolute atomic E-state index is 0.118. The van der Waals surface area contributed by atoms with Crippen LogP contribution in [0.3, 0.4) is 0 Å². The van der Waals surface area contributed by atoms with Crippen LogP contribution in [0.5, 0.6) is 11.5 Å². The van der Waals surface area contributed by atoms with E-state index in [4.69, 9.17) is 14.7 Å². The van der Waals surface area contributed by atoms with Gasteiger partial charge in [-0.15, -0.1) is 0 Å². The minimum atomic E-state index is -0.767. The molecule has 2 aromatic rings. The summed E-state index contributed by atoms with van der Waals surface area (Å²) >= 11 is 0. The van der Waals surface area contributed by atoms with Crippen LogP contribution in [0.1, 0.15) is 30.9 Å². The highest BCUT2D eigenvalue weighted by Crippen LogP contribution is 2.23. The molecule has 10 heteroatoms. The first-order valence-corrected chi connectivity index (χ1v) is 11.7. The van der Waals surface area contributed by atoms with Gasteiger partial charge in [0.2, 0.25) is 11.8 Å². The Hall–Kier alpha value is -4.26. The summed E-state index contributed by atoms with van der Waals surface area (Å²) in [5, 5.41) is 17.5. The van der Waals surface area contributed by atoms with Crippen LogP contribution >= 0.6 is 0 Å². The zero-order valence-electron chi connectivity index (χ0n) is 20.7. The summed E-state index contributed by atoms with van der Waals surface area (Å²) in [6, 6.07) is 12.9. The standard InChI is InChI=1S/C26H31N5O5/c1-17(32)28-24(14-19-12-22(35-2)15-23(13-19)36-3)25(33)29-21-8-10-31(11-9-21)26(34)30-20-6-4-18(16-27)5-7-20/h4-7,12-13,15,21,24H,8-11,14H2,1-3H3,(H,28,32)(H,29,33)(H,30,34)/t24-/m0/s1. The van der Waals surface area contributed by atoms with Gasteiger partial charge in [-0.1, -0.05) is 0 Å². The van der Waals surface area contributed by atoms with Crippen molar-refractivity contribution < 1.29 is 23.9 Å². The predicted octanol–water partition coefficient (Wildman–Crippen LogP) is 2.44. The average molecular weight is 494 g/mol. The van der Waals surface area contributed by atoms with Crippen molar-refractivity contribution in [3.8, 4) is 17.6 Å². The van der Waals surface area contributed by atoms with Crippen molar-refractivity contribution in [2.45, 2.75) is 38.3 Å². The molecule has 1 atom stereocenters. The number of anilines is 1. The molecule has 0 saturated carbocycles. The van der Waals surface area contributed by atoms with Gasteiger partial charge in [0.15, 0.2) is 0 Å². The monoisotopic (exact) mass is 493 g/mol. The Morgan fingerprint density at radius 2 is 1.67 bits per heavy atom. The van der Waals surface area contributed by atoms with Gasteiger partial charge < -0.3 is 30.3 Å². The normalized spacial score (nSPS) is 14.2. The number of amides is 4. The summed E-state index contributed by atoms with van der Waals surface area (Å²) in [5.74, 6) is 0.600. The van der Waals surface area contributed by atoms with Crippen molar-refractivity contribution in [1.82, 2.24) is 15.5 Å². The zero-order chi connectivity index (χ0) is 26.1. The first-order valence-electron chi connectivity index (χ1n) is 11.7. The van der Waals surface area contributed by atoms with Gasteiger partial charge in [0.1, 0.15) is 17.5 Å². The number of hydrogen-bond donors (Lipinski definition) is 3. The number of rotatable bonds is 8. The van der Waals surface area contributed by atoms with Crippen LogP contribution in [0.4, 0.5) is 10.5 Å². The lowest BCUT2D eigenvalue weighted by Gasteiger charge is -2.33. The molecule has 0 bridgehead atoms. The van der Waals surface area contributed by atoms with E-state index >= 15 is 0 Å². The van der Waals surface area contributed by atoms with Crippen LogP contribution in [0.2, 0.25) is 0 Å². The summed E-state index contributed by atoms with van der Waals surface area (Å²) in [5.41, 5.74) is 1.92. The van der Waals surface area contributed by atoms with E-state index in [1.54, 1.807) is 61.6 Å². The fraction of sp³-hybridized carbons (Fsp3) is 0.385. The van der Waals surface area contributed by atoms with Crippen LogP contribution in [0.15, 0.2) is 42.5 Å². The summed E-state index contributed by atoms with van der Waals surface area (Å²) in [6.45, 7) is 2.33. The van der Waals surface area contributed by atoms with Crippen molar-refractivity contribution in [3.05, 3.63) is 53.6 Å². The quantitative estimate of drug-likeness (QED) is 0.517. The summed E-state index contributed by atoms with van der Waals surface area (Å²) in [6.07, 6.45) is 1.45. The molecule has 1 heterocycles. The Morgan fingerprint density at radius 3 is 2.19 bits per heavy atom. The van der Waals surface area contributed by atoms with Crippen molar-refractivity contribution >= 4 is 23.5 Å². The van der Waals surface area contributed by atoms with Crippen LogP contribution in [0.25, 0.3) is 0 Å². The summed E-state index contributed by atoms with van der Waals surface area (Å²) in [4.78, 5) is 39.1. The van der Waals surface area contributed by atoms with Gasteiger partial charge in [0.05, 0.1) is 25.9 Å². The molecule has 190 valence electrons. The molecule has 1 aliphatic rings. The van der Waals surface area contributed by atoms with Gasteiger partial charge in [0, 0.05) is 44.2 Å². The number of piperidine rings is 1. The number of nitriles is 1.